The topological polar surface area (TPSA) is 57.1 Å². The van der Waals surface area contributed by atoms with Crippen LogP contribution in [0.1, 0.15) is 54.6 Å². The highest BCUT2D eigenvalue weighted by atomic mass is 16.3. The van der Waals surface area contributed by atoms with Crippen molar-refractivity contribution in [2.45, 2.75) is 57.0 Å². The van der Waals surface area contributed by atoms with Gasteiger partial charge in [-0.15, -0.1) is 0 Å². The average Bonchev–Trinajstić information content (AvgIpc) is 3.38. The predicted molar refractivity (Wildman–Crippen MR) is 132 cm³/mol. The standard InChI is InChI=1S/C29H28N2O3/c32-27-25-26(24-14-6-5-12-22(24)18-29(25)15-7-2-8-16-29)30(19-21-10-3-1-4-11-21)28(33)31(27)20-23-13-9-17-34-23/h1,3-6,9-14,17H,2,7-8,15-16,18-20H2. The summed E-state index contributed by atoms with van der Waals surface area (Å²) >= 11 is 0. The number of nitrogens with zero attached hydrogens (tertiary/aromatic N) is 2. The first-order valence-corrected chi connectivity index (χ1v) is 12.2. The molecule has 1 fully saturated rings. The van der Waals surface area contributed by atoms with Gasteiger partial charge >= 0.3 is 5.69 Å². The van der Waals surface area contributed by atoms with E-state index < -0.39 is 0 Å². The van der Waals surface area contributed by atoms with Crippen LogP contribution in [0.4, 0.5) is 0 Å². The second-order valence-corrected chi connectivity index (χ2v) is 9.72. The Morgan fingerprint density at radius 3 is 2.32 bits per heavy atom. The van der Waals surface area contributed by atoms with Gasteiger partial charge in [-0.25, -0.2) is 4.79 Å². The lowest BCUT2D eigenvalue weighted by atomic mass is 9.62. The highest BCUT2D eigenvalue weighted by Gasteiger charge is 2.44. The average molecular weight is 453 g/mol. The Labute approximate surface area is 198 Å². The molecule has 0 saturated heterocycles. The quantitative estimate of drug-likeness (QED) is 0.432. The van der Waals surface area contributed by atoms with Crippen molar-refractivity contribution in [1.82, 2.24) is 9.13 Å². The highest BCUT2D eigenvalue weighted by molar-refractivity contribution is 5.72. The summed E-state index contributed by atoms with van der Waals surface area (Å²) in [4.78, 5) is 28.1. The maximum Gasteiger partial charge on any atom is 0.332 e. The van der Waals surface area contributed by atoms with Crippen molar-refractivity contribution in [3.63, 3.8) is 0 Å². The summed E-state index contributed by atoms with van der Waals surface area (Å²) in [5.74, 6) is 0.610. The Hall–Kier alpha value is -3.60. The second-order valence-electron chi connectivity index (χ2n) is 9.72. The van der Waals surface area contributed by atoms with Crippen molar-refractivity contribution >= 4 is 0 Å². The van der Waals surface area contributed by atoms with Crippen molar-refractivity contribution in [1.29, 1.82) is 0 Å². The van der Waals surface area contributed by atoms with Crippen molar-refractivity contribution in [2.24, 2.45) is 0 Å². The van der Waals surface area contributed by atoms with Gasteiger partial charge in [0.25, 0.3) is 5.56 Å². The summed E-state index contributed by atoms with van der Waals surface area (Å²) in [6.45, 7) is 0.565. The van der Waals surface area contributed by atoms with Crippen molar-refractivity contribution in [3.8, 4) is 11.3 Å². The molecule has 2 aliphatic rings. The summed E-state index contributed by atoms with van der Waals surface area (Å²) < 4.78 is 8.77. The highest BCUT2D eigenvalue weighted by Crippen LogP contribution is 2.48. The van der Waals surface area contributed by atoms with Crippen LogP contribution in [0.2, 0.25) is 0 Å². The SMILES string of the molecule is O=c1c2c(n(Cc3ccccc3)c(=O)n1Cc1ccco1)-c1ccccc1CC21CCCCC1. The van der Waals surface area contributed by atoms with Gasteiger partial charge in [0.05, 0.1) is 25.0 Å². The van der Waals surface area contributed by atoms with Gasteiger partial charge in [-0.1, -0.05) is 73.9 Å². The van der Waals surface area contributed by atoms with E-state index in [2.05, 4.69) is 18.2 Å². The third-order valence-electron chi connectivity index (χ3n) is 7.65. The predicted octanol–water partition coefficient (Wildman–Crippen LogP) is 5.12. The monoisotopic (exact) mass is 452 g/mol. The van der Waals surface area contributed by atoms with Gasteiger partial charge in [0.2, 0.25) is 0 Å². The Morgan fingerprint density at radius 2 is 1.56 bits per heavy atom. The molecule has 0 aliphatic heterocycles. The lowest BCUT2D eigenvalue weighted by Gasteiger charge is -2.43. The third-order valence-corrected chi connectivity index (χ3v) is 7.65. The van der Waals surface area contributed by atoms with Gasteiger partial charge in [0.15, 0.2) is 0 Å². The van der Waals surface area contributed by atoms with Gasteiger partial charge < -0.3 is 4.42 Å². The molecule has 0 N–H and O–H groups in total. The molecule has 0 amide bonds. The largest absolute Gasteiger partial charge is 0.467 e. The molecule has 34 heavy (non-hydrogen) atoms. The minimum atomic E-state index is -0.285. The minimum Gasteiger partial charge on any atom is -0.467 e. The smallest absolute Gasteiger partial charge is 0.332 e. The van der Waals surface area contributed by atoms with Crippen LogP contribution in [0.5, 0.6) is 0 Å². The van der Waals surface area contributed by atoms with Gasteiger partial charge in [-0.2, -0.15) is 0 Å². The van der Waals surface area contributed by atoms with Crippen LogP contribution >= 0.6 is 0 Å². The third kappa shape index (κ3) is 3.38. The number of furan rings is 1. The Morgan fingerprint density at radius 1 is 0.794 bits per heavy atom. The van der Waals surface area contributed by atoms with Crippen LogP contribution < -0.4 is 11.2 Å². The Bertz CT molecular complexity index is 1440. The zero-order chi connectivity index (χ0) is 23.1. The lowest BCUT2D eigenvalue weighted by molar-refractivity contribution is 0.281. The van der Waals surface area contributed by atoms with Crippen LogP contribution in [0.15, 0.2) is 87.0 Å². The molecule has 2 heterocycles. The number of rotatable bonds is 4. The molecule has 5 heteroatoms. The molecule has 1 spiro atoms. The van der Waals surface area contributed by atoms with Gasteiger partial charge in [0.1, 0.15) is 5.76 Å². The van der Waals surface area contributed by atoms with Crippen LogP contribution in [0.3, 0.4) is 0 Å². The van der Waals surface area contributed by atoms with Gasteiger partial charge in [-0.05, 0) is 42.5 Å². The van der Waals surface area contributed by atoms with Gasteiger partial charge in [-0.3, -0.25) is 13.9 Å². The van der Waals surface area contributed by atoms with E-state index in [-0.39, 0.29) is 23.2 Å². The summed E-state index contributed by atoms with van der Waals surface area (Å²) in [5, 5.41) is 0. The number of aromatic nitrogens is 2. The first-order valence-electron chi connectivity index (χ1n) is 12.2. The summed E-state index contributed by atoms with van der Waals surface area (Å²) in [5.41, 5.74) is 4.27. The molecule has 172 valence electrons. The van der Waals surface area contributed by atoms with E-state index >= 15 is 0 Å². The molecule has 0 bridgehead atoms. The number of benzene rings is 2. The van der Waals surface area contributed by atoms with Crippen molar-refractivity contribution < 1.29 is 4.42 Å². The number of hydrogen-bond donors (Lipinski definition) is 0. The lowest BCUT2D eigenvalue weighted by Crippen LogP contribution is -2.49. The van der Waals surface area contributed by atoms with Gasteiger partial charge in [0, 0.05) is 16.5 Å². The molecule has 0 radical (unpaired) electrons. The summed E-state index contributed by atoms with van der Waals surface area (Å²) in [6, 6.07) is 21.9. The maximum absolute atomic E-state index is 14.2. The van der Waals surface area contributed by atoms with Crippen LogP contribution in [-0.4, -0.2) is 9.13 Å². The molecule has 0 atom stereocenters. The molecular weight excluding hydrogens is 424 g/mol. The Kier molecular flexibility index (Phi) is 5.13. The number of fused-ring (bicyclic) bond motifs is 4. The van der Waals surface area contributed by atoms with E-state index in [1.54, 1.807) is 12.3 Å². The summed E-state index contributed by atoms with van der Waals surface area (Å²) in [6.07, 6.45) is 7.81. The fourth-order valence-corrected chi connectivity index (χ4v) is 6.08. The molecule has 2 aromatic heterocycles. The molecule has 4 aromatic rings. The van der Waals surface area contributed by atoms with Crippen LogP contribution in [0.25, 0.3) is 11.3 Å². The van der Waals surface area contributed by atoms with E-state index in [0.29, 0.717) is 12.3 Å². The normalized spacial score (nSPS) is 16.2. The molecule has 2 aromatic carbocycles. The van der Waals surface area contributed by atoms with E-state index in [0.717, 1.165) is 54.5 Å². The number of hydrogen-bond acceptors (Lipinski definition) is 3. The van der Waals surface area contributed by atoms with E-state index in [9.17, 15) is 9.59 Å². The zero-order valence-electron chi connectivity index (χ0n) is 19.2. The molecular formula is C29H28N2O3. The summed E-state index contributed by atoms with van der Waals surface area (Å²) in [7, 11) is 0. The molecule has 5 nitrogen and oxygen atoms in total. The van der Waals surface area contributed by atoms with Crippen molar-refractivity contribution in [2.75, 3.05) is 0 Å². The fourth-order valence-electron chi connectivity index (χ4n) is 6.08. The fraction of sp³-hybridized carbons (Fsp3) is 0.310. The van der Waals surface area contributed by atoms with E-state index in [1.165, 1.54) is 16.6 Å². The Balaban J connectivity index is 1.67. The zero-order valence-corrected chi connectivity index (χ0v) is 19.2. The second kappa shape index (κ2) is 8.32. The molecule has 6 rings (SSSR count). The minimum absolute atomic E-state index is 0.143. The molecule has 0 unspecified atom stereocenters. The first kappa shape index (κ1) is 21.0. The van der Waals surface area contributed by atoms with Crippen LogP contribution in [0, 0.1) is 0 Å². The van der Waals surface area contributed by atoms with E-state index in [1.807, 2.05) is 47.0 Å². The first-order chi connectivity index (χ1) is 16.7. The maximum atomic E-state index is 14.2. The van der Waals surface area contributed by atoms with Crippen LogP contribution in [-0.2, 0) is 24.9 Å². The van der Waals surface area contributed by atoms with E-state index in [4.69, 9.17) is 4.42 Å². The molecule has 2 aliphatic carbocycles. The van der Waals surface area contributed by atoms with Crippen molar-refractivity contribution in [3.05, 3.63) is 116 Å². The molecule has 1 saturated carbocycles.